The van der Waals surface area contributed by atoms with Gasteiger partial charge < -0.3 is 13.6 Å². The Morgan fingerprint density at radius 1 is 1.15 bits per heavy atom. The molecule has 0 N–H and O–H groups in total. The number of fused-ring (bicyclic) bond motifs is 1. The van der Waals surface area contributed by atoms with Gasteiger partial charge in [0.1, 0.15) is 5.58 Å². The Labute approximate surface area is 154 Å². The molecular formula is C21H15NO5. The third-order valence-electron chi connectivity index (χ3n) is 4.18. The monoisotopic (exact) mass is 361 g/mol. The van der Waals surface area contributed by atoms with Crippen LogP contribution in [0.5, 0.6) is 5.75 Å². The predicted octanol–water partition coefficient (Wildman–Crippen LogP) is 4.23. The average molecular weight is 361 g/mol. The van der Waals surface area contributed by atoms with Crippen LogP contribution in [0.2, 0.25) is 0 Å². The Morgan fingerprint density at radius 2 is 1.96 bits per heavy atom. The Morgan fingerprint density at radius 3 is 2.67 bits per heavy atom. The lowest BCUT2D eigenvalue weighted by Gasteiger charge is -2.09. The second-order valence-electron chi connectivity index (χ2n) is 5.88. The number of furan rings is 1. The maximum absolute atomic E-state index is 13.1. The fourth-order valence-electron chi connectivity index (χ4n) is 2.75. The highest BCUT2D eigenvalue weighted by Crippen LogP contribution is 2.32. The van der Waals surface area contributed by atoms with E-state index >= 15 is 0 Å². The number of esters is 1. The van der Waals surface area contributed by atoms with E-state index in [4.69, 9.17) is 13.6 Å². The molecule has 0 aliphatic rings. The number of hydrogen-bond donors (Lipinski definition) is 0. The van der Waals surface area contributed by atoms with Crippen LogP contribution in [0.25, 0.3) is 22.5 Å². The number of aryl methyl sites for hydroxylation is 1. The zero-order chi connectivity index (χ0) is 18.8. The number of rotatable bonds is 4. The summed E-state index contributed by atoms with van der Waals surface area (Å²) in [5.74, 6) is -0.508. The fraction of sp³-hybridized carbons (Fsp3) is 0.0952. The molecule has 0 atom stereocenters. The molecule has 134 valence electrons. The van der Waals surface area contributed by atoms with Crippen molar-refractivity contribution in [2.24, 2.45) is 0 Å². The first kappa shape index (κ1) is 16.8. The van der Waals surface area contributed by atoms with Crippen LogP contribution in [0.15, 0.2) is 74.8 Å². The van der Waals surface area contributed by atoms with Crippen molar-refractivity contribution in [3.8, 4) is 17.3 Å². The first-order valence-corrected chi connectivity index (χ1v) is 8.43. The van der Waals surface area contributed by atoms with Gasteiger partial charge in [0.2, 0.25) is 16.9 Å². The number of carbonyl (C=O) groups excluding carboxylic acids is 1. The lowest BCUT2D eigenvalue weighted by molar-refractivity contribution is 0.0731. The van der Waals surface area contributed by atoms with Gasteiger partial charge in [-0.15, -0.1) is 0 Å². The normalized spacial score (nSPS) is 10.9. The van der Waals surface area contributed by atoms with Gasteiger partial charge in [0, 0.05) is 12.4 Å². The van der Waals surface area contributed by atoms with Crippen molar-refractivity contribution in [1.29, 1.82) is 0 Å². The van der Waals surface area contributed by atoms with Crippen molar-refractivity contribution in [3.05, 3.63) is 82.5 Å². The van der Waals surface area contributed by atoms with Crippen LogP contribution in [0.1, 0.15) is 22.8 Å². The summed E-state index contributed by atoms with van der Waals surface area (Å²) < 4.78 is 16.7. The van der Waals surface area contributed by atoms with Gasteiger partial charge in [0.15, 0.2) is 5.76 Å². The molecule has 27 heavy (non-hydrogen) atoms. The molecule has 6 heteroatoms. The van der Waals surface area contributed by atoms with E-state index in [2.05, 4.69) is 4.98 Å². The first-order chi connectivity index (χ1) is 13.2. The Hall–Kier alpha value is -3.67. The standard InChI is InChI=1S/C21H15NO5/c1-2-13-5-6-16-15(12-13)18(23)20(19(26-16)17-4-3-11-25-17)27-21(24)14-7-9-22-10-8-14/h3-12H,2H2,1H3. The molecule has 0 unspecified atom stereocenters. The molecule has 0 aliphatic carbocycles. The van der Waals surface area contributed by atoms with Gasteiger partial charge in [-0.25, -0.2) is 4.79 Å². The molecule has 0 amide bonds. The number of ether oxygens (including phenoxy) is 1. The number of carbonyl (C=O) groups is 1. The number of aromatic nitrogens is 1. The molecule has 3 heterocycles. The fourth-order valence-corrected chi connectivity index (χ4v) is 2.75. The minimum Gasteiger partial charge on any atom is -0.461 e. The Balaban J connectivity index is 1.90. The lowest BCUT2D eigenvalue weighted by atomic mass is 10.1. The van der Waals surface area contributed by atoms with Crippen LogP contribution in [0.3, 0.4) is 0 Å². The molecule has 0 saturated heterocycles. The zero-order valence-electron chi connectivity index (χ0n) is 14.5. The SMILES string of the molecule is CCc1ccc2oc(-c3ccco3)c(OC(=O)c3ccncc3)c(=O)c2c1. The van der Waals surface area contributed by atoms with Crippen molar-refractivity contribution in [2.45, 2.75) is 13.3 Å². The summed E-state index contributed by atoms with van der Waals surface area (Å²) >= 11 is 0. The van der Waals surface area contributed by atoms with Crippen molar-refractivity contribution in [2.75, 3.05) is 0 Å². The average Bonchev–Trinajstić information content (AvgIpc) is 3.25. The van der Waals surface area contributed by atoms with Crippen LogP contribution in [-0.2, 0) is 6.42 Å². The van der Waals surface area contributed by atoms with Crippen molar-refractivity contribution in [1.82, 2.24) is 4.98 Å². The van der Waals surface area contributed by atoms with Gasteiger partial charge >= 0.3 is 5.97 Å². The molecule has 0 aliphatic heterocycles. The van der Waals surface area contributed by atoms with Crippen LogP contribution in [0, 0.1) is 0 Å². The predicted molar refractivity (Wildman–Crippen MR) is 98.8 cm³/mol. The van der Waals surface area contributed by atoms with Gasteiger partial charge in [-0.1, -0.05) is 13.0 Å². The Bertz CT molecular complexity index is 1160. The molecule has 0 fully saturated rings. The van der Waals surface area contributed by atoms with Crippen molar-refractivity contribution >= 4 is 16.9 Å². The summed E-state index contributed by atoms with van der Waals surface area (Å²) in [5, 5.41) is 0.349. The minimum absolute atomic E-state index is 0.0733. The van der Waals surface area contributed by atoms with Gasteiger partial charge in [0.25, 0.3) is 0 Å². The summed E-state index contributed by atoms with van der Waals surface area (Å²) in [7, 11) is 0. The third kappa shape index (κ3) is 3.13. The molecule has 0 saturated carbocycles. The van der Waals surface area contributed by atoms with E-state index in [0.717, 1.165) is 12.0 Å². The number of hydrogen-bond acceptors (Lipinski definition) is 6. The highest BCUT2D eigenvalue weighted by atomic mass is 16.5. The second kappa shape index (κ2) is 6.92. The molecule has 0 bridgehead atoms. The Kier molecular flexibility index (Phi) is 4.30. The smallest absolute Gasteiger partial charge is 0.343 e. The van der Waals surface area contributed by atoms with E-state index in [0.29, 0.717) is 16.7 Å². The minimum atomic E-state index is -0.677. The maximum Gasteiger partial charge on any atom is 0.343 e. The van der Waals surface area contributed by atoms with Gasteiger partial charge in [-0.05, 0) is 48.4 Å². The highest BCUT2D eigenvalue weighted by molar-refractivity contribution is 5.92. The van der Waals surface area contributed by atoms with Crippen LogP contribution >= 0.6 is 0 Å². The molecule has 4 aromatic rings. The third-order valence-corrected chi connectivity index (χ3v) is 4.18. The summed E-state index contributed by atoms with van der Waals surface area (Å²) in [6, 6.07) is 11.7. The molecule has 4 rings (SSSR count). The topological polar surface area (TPSA) is 82.5 Å². The van der Waals surface area contributed by atoms with Crippen LogP contribution < -0.4 is 10.2 Å². The van der Waals surface area contributed by atoms with E-state index in [1.807, 2.05) is 13.0 Å². The van der Waals surface area contributed by atoms with Crippen molar-refractivity contribution < 1.29 is 18.4 Å². The summed E-state index contributed by atoms with van der Waals surface area (Å²) in [6.45, 7) is 1.99. The van der Waals surface area contributed by atoms with E-state index in [9.17, 15) is 9.59 Å². The zero-order valence-corrected chi connectivity index (χ0v) is 14.5. The lowest BCUT2D eigenvalue weighted by Crippen LogP contribution is -2.16. The van der Waals surface area contributed by atoms with Gasteiger partial charge in [0.05, 0.1) is 17.2 Å². The van der Waals surface area contributed by atoms with E-state index in [-0.39, 0.29) is 17.1 Å². The molecule has 1 aromatic carbocycles. The number of benzene rings is 1. The van der Waals surface area contributed by atoms with E-state index in [1.54, 1.807) is 24.3 Å². The molecular weight excluding hydrogens is 346 g/mol. The summed E-state index contributed by atoms with van der Waals surface area (Å²) in [6.07, 6.45) is 5.16. The van der Waals surface area contributed by atoms with Crippen LogP contribution in [-0.4, -0.2) is 11.0 Å². The largest absolute Gasteiger partial charge is 0.461 e. The highest BCUT2D eigenvalue weighted by Gasteiger charge is 2.23. The van der Waals surface area contributed by atoms with Gasteiger partial charge in [-0.3, -0.25) is 9.78 Å². The maximum atomic E-state index is 13.1. The van der Waals surface area contributed by atoms with Gasteiger partial charge in [-0.2, -0.15) is 0 Å². The number of nitrogens with zero attached hydrogens (tertiary/aromatic N) is 1. The molecule has 0 spiro atoms. The molecule has 3 aromatic heterocycles. The summed E-state index contributed by atoms with van der Waals surface area (Å²) in [4.78, 5) is 29.4. The summed E-state index contributed by atoms with van der Waals surface area (Å²) in [5.41, 5.74) is 1.22. The molecule has 0 radical (unpaired) electrons. The van der Waals surface area contributed by atoms with E-state index < -0.39 is 11.4 Å². The van der Waals surface area contributed by atoms with Crippen molar-refractivity contribution in [3.63, 3.8) is 0 Å². The number of pyridine rings is 1. The van der Waals surface area contributed by atoms with Crippen LogP contribution in [0.4, 0.5) is 0 Å². The van der Waals surface area contributed by atoms with E-state index in [1.165, 1.54) is 30.8 Å². The molecule has 6 nitrogen and oxygen atoms in total. The first-order valence-electron chi connectivity index (χ1n) is 8.43. The second-order valence-corrected chi connectivity index (χ2v) is 5.88. The quantitative estimate of drug-likeness (QED) is 0.506.